The number of aromatic nitrogens is 3. The molecule has 154 valence electrons. The highest BCUT2D eigenvalue weighted by Gasteiger charge is 2.09. The second-order valence-corrected chi connectivity index (χ2v) is 7.70. The minimum absolute atomic E-state index is 0.0332. The molecular weight excluding hydrogens is 391 g/mol. The predicted molar refractivity (Wildman–Crippen MR) is 120 cm³/mol. The molecule has 4 aromatic rings. The van der Waals surface area contributed by atoms with Crippen LogP contribution in [0.5, 0.6) is 0 Å². The number of rotatable bonds is 4. The third kappa shape index (κ3) is 4.96. The van der Waals surface area contributed by atoms with E-state index in [1.54, 1.807) is 24.5 Å². The first-order chi connectivity index (χ1) is 15.0. The predicted octanol–water partition coefficient (Wildman–Crippen LogP) is 5.15. The highest BCUT2D eigenvalue weighted by molar-refractivity contribution is 5.92. The first kappa shape index (κ1) is 20.3. The topological polar surface area (TPSA) is 70.7 Å². The smallest absolute Gasteiger partial charge is 0.224 e. The molecule has 0 aliphatic rings. The Morgan fingerprint density at radius 3 is 2.77 bits per heavy atom. The van der Waals surface area contributed by atoms with Crippen LogP contribution in [-0.2, 0) is 4.79 Å². The lowest BCUT2D eigenvalue weighted by Crippen LogP contribution is -2.13. The summed E-state index contributed by atoms with van der Waals surface area (Å²) in [5, 5.41) is 11.0. The molecule has 6 heteroatoms. The molecule has 0 saturated carbocycles. The third-order valence-electron chi connectivity index (χ3n) is 4.66. The van der Waals surface area contributed by atoms with Crippen molar-refractivity contribution >= 4 is 22.5 Å². The summed E-state index contributed by atoms with van der Waals surface area (Å²) in [6.07, 6.45) is 3.84. The Bertz CT molecular complexity index is 1310. The molecule has 0 bridgehead atoms. The number of nitrogens with zero attached hydrogens (tertiary/aromatic N) is 2. The SMILES string of the molecule is CC(C)CC(=O)Nc1cncc(-c2ccc3n[nH]c(C#Cc4cccc(F)c4)c3c2)c1. The van der Waals surface area contributed by atoms with E-state index in [-0.39, 0.29) is 17.6 Å². The fourth-order valence-electron chi connectivity index (χ4n) is 3.23. The van der Waals surface area contributed by atoms with Crippen molar-refractivity contribution in [2.24, 2.45) is 5.92 Å². The number of halogens is 1. The van der Waals surface area contributed by atoms with Crippen LogP contribution in [0.25, 0.3) is 22.0 Å². The lowest BCUT2D eigenvalue weighted by Gasteiger charge is -2.08. The van der Waals surface area contributed by atoms with Gasteiger partial charge in [0.1, 0.15) is 11.5 Å². The maximum Gasteiger partial charge on any atom is 0.224 e. The molecule has 4 rings (SSSR count). The molecule has 0 saturated heterocycles. The van der Waals surface area contributed by atoms with Gasteiger partial charge in [0.15, 0.2) is 0 Å². The van der Waals surface area contributed by atoms with Crippen molar-refractivity contribution in [2.75, 3.05) is 5.32 Å². The fraction of sp³-hybridized carbons (Fsp3) is 0.160. The molecule has 0 aliphatic carbocycles. The molecule has 0 fully saturated rings. The van der Waals surface area contributed by atoms with E-state index >= 15 is 0 Å². The number of pyridine rings is 1. The van der Waals surface area contributed by atoms with Gasteiger partial charge in [-0.3, -0.25) is 14.9 Å². The highest BCUT2D eigenvalue weighted by Crippen LogP contribution is 2.26. The summed E-state index contributed by atoms with van der Waals surface area (Å²) in [7, 11) is 0. The average Bonchev–Trinajstić information content (AvgIpc) is 3.14. The number of H-pyrrole nitrogens is 1. The van der Waals surface area contributed by atoms with Crippen LogP contribution in [0.4, 0.5) is 10.1 Å². The normalized spacial score (nSPS) is 10.7. The zero-order chi connectivity index (χ0) is 21.8. The number of amides is 1. The summed E-state index contributed by atoms with van der Waals surface area (Å²) in [6, 6.07) is 13.9. The zero-order valence-corrected chi connectivity index (χ0v) is 17.2. The average molecular weight is 412 g/mol. The van der Waals surface area contributed by atoms with Crippen molar-refractivity contribution in [1.82, 2.24) is 15.2 Å². The number of benzene rings is 2. The minimum Gasteiger partial charge on any atom is -0.325 e. The van der Waals surface area contributed by atoms with Gasteiger partial charge >= 0.3 is 0 Å². The van der Waals surface area contributed by atoms with E-state index in [1.807, 2.05) is 38.1 Å². The van der Waals surface area contributed by atoms with Crippen LogP contribution in [0.2, 0.25) is 0 Å². The second kappa shape index (κ2) is 8.80. The van der Waals surface area contributed by atoms with Crippen LogP contribution in [0.15, 0.2) is 60.9 Å². The Kier molecular flexibility index (Phi) is 5.76. The maximum absolute atomic E-state index is 13.4. The summed E-state index contributed by atoms with van der Waals surface area (Å²) < 4.78 is 13.4. The number of hydrogen-bond acceptors (Lipinski definition) is 3. The molecule has 0 atom stereocenters. The van der Waals surface area contributed by atoms with Crippen molar-refractivity contribution in [3.8, 4) is 23.0 Å². The third-order valence-corrected chi connectivity index (χ3v) is 4.66. The molecule has 2 N–H and O–H groups in total. The molecule has 0 radical (unpaired) electrons. The Morgan fingerprint density at radius 1 is 1.10 bits per heavy atom. The van der Waals surface area contributed by atoms with Gasteiger partial charge in [0, 0.05) is 29.1 Å². The van der Waals surface area contributed by atoms with Crippen molar-refractivity contribution in [3.63, 3.8) is 0 Å². The van der Waals surface area contributed by atoms with Crippen LogP contribution in [0.1, 0.15) is 31.5 Å². The molecule has 1 amide bonds. The summed E-state index contributed by atoms with van der Waals surface area (Å²) in [6.45, 7) is 4.01. The molecule has 2 aromatic heterocycles. The van der Waals surface area contributed by atoms with Gasteiger partial charge < -0.3 is 5.32 Å². The van der Waals surface area contributed by atoms with Crippen LogP contribution in [0, 0.1) is 23.6 Å². The first-order valence-electron chi connectivity index (χ1n) is 9.99. The molecule has 0 aliphatic heterocycles. The van der Waals surface area contributed by atoms with E-state index in [1.165, 1.54) is 12.1 Å². The Labute approximate surface area is 179 Å². The summed E-state index contributed by atoms with van der Waals surface area (Å²) in [5.41, 5.74) is 4.47. The van der Waals surface area contributed by atoms with Crippen LogP contribution >= 0.6 is 0 Å². The Hall–Kier alpha value is -3.98. The van der Waals surface area contributed by atoms with E-state index in [2.05, 4.69) is 32.3 Å². The number of carbonyl (C=O) groups is 1. The zero-order valence-electron chi connectivity index (χ0n) is 17.2. The number of anilines is 1. The van der Waals surface area contributed by atoms with Crippen LogP contribution in [-0.4, -0.2) is 21.1 Å². The summed E-state index contributed by atoms with van der Waals surface area (Å²) in [5.74, 6) is 5.93. The highest BCUT2D eigenvalue weighted by atomic mass is 19.1. The van der Waals surface area contributed by atoms with Crippen molar-refractivity contribution in [3.05, 3.63) is 78.0 Å². The van der Waals surface area contributed by atoms with Gasteiger partial charge in [-0.05, 0) is 53.8 Å². The van der Waals surface area contributed by atoms with Gasteiger partial charge in [-0.1, -0.05) is 31.9 Å². The lowest BCUT2D eigenvalue weighted by molar-refractivity contribution is -0.116. The van der Waals surface area contributed by atoms with Crippen molar-refractivity contribution in [2.45, 2.75) is 20.3 Å². The fourth-order valence-corrected chi connectivity index (χ4v) is 3.23. The number of nitrogens with one attached hydrogen (secondary N) is 2. The molecule has 31 heavy (non-hydrogen) atoms. The number of hydrogen-bond donors (Lipinski definition) is 2. The molecular formula is C25H21FN4O. The molecule has 0 spiro atoms. The maximum atomic E-state index is 13.4. The van der Waals surface area contributed by atoms with Gasteiger partial charge in [-0.15, -0.1) is 0 Å². The largest absolute Gasteiger partial charge is 0.325 e. The second-order valence-electron chi connectivity index (χ2n) is 7.70. The van der Waals surface area contributed by atoms with E-state index < -0.39 is 0 Å². The van der Waals surface area contributed by atoms with Gasteiger partial charge in [-0.25, -0.2) is 4.39 Å². The van der Waals surface area contributed by atoms with E-state index in [0.717, 1.165) is 22.0 Å². The summed E-state index contributed by atoms with van der Waals surface area (Å²) >= 11 is 0. The van der Waals surface area contributed by atoms with E-state index in [9.17, 15) is 9.18 Å². The number of carbonyl (C=O) groups excluding carboxylic acids is 1. The van der Waals surface area contributed by atoms with E-state index in [4.69, 9.17) is 0 Å². The van der Waals surface area contributed by atoms with Crippen molar-refractivity contribution in [1.29, 1.82) is 0 Å². The summed E-state index contributed by atoms with van der Waals surface area (Å²) in [4.78, 5) is 16.3. The molecule has 0 unspecified atom stereocenters. The minimum atomic E-state index is -0.323. The first-order valence-corrected chi connectivity index (χ1v) is 9.99. The lowest BCUT2D eigenvalue weighted by atomic mass is 10.0. The van der Waals surface area contributed by atoms with Crippen LogP contribution < -0.4 is 5.32 Å². The number of aromatic amines is 1. The quantitative estimate of drug-likeness (QED) is 0.456. The van der Waals surface area contributed by atoms with Gasteiger partial charge in [0.05, 0.1) is 17.4 Å². The van der Waals surface area contributed by atoms with Crippen molar-refractivity contribution < 1.29 is 9.18 Å². The standard InChI is InChI=1S/C25H21FN4O/c1-16(2)10-25(31)28-21-12-19(14-27-15-21)18-7-9-24-22(13-18)23(29-30-24)8-6-17-4-3-5-20(26)11-17/h3-5,7,9,11-16H,10H2,1-2H3,(H,28,31)(H,29,30). The van der Waals surface area contributed by atoms with Gasteiger partial charge in [0.2, 0.25) is 5.91 Å². The monoisotopic (exact) mass is 412 g/mol. The Morgan fingerprint density at radius 2 is 1.97 bits per heavy atom. The molecule has 5 nitrogen and oxygen atoms in total. The molecule has 2 aromatic carbocycles. The number of fused-ring (bicyclic) bond motifs is 1. The van der Waals surface area contributed by atoms with Gasteiger partial charge in [0.25, 0.3) is 0 Å². The van der Waals surface area contributed by atoms with Crippen LogP contribution in [0.3, 0.4) is 0 Å². The molecule has 2 heterocycles. The van der Waals surface area contributed by atoms with Gasteiger partial charge in [-0.2, -0.15) is 5.10 Å². The Balaban J connectivity index is 1.64. The van der Waals surface area contributed by atoms with E-state index in [0.29, 0.717) is 23.4 Å².